The molecule has 17 nitrogen and oxygen atoms in total. The minimum absolute atomic E-state index is 0.0142. The van der Waals surface area contributed by atoms with Crippen LogP contribution >= 0.6 is 23.2 Å². The molecule has 4 unspecified atom stereocenters. The van der Waals surface area contributed by atoms with E-state index in [1.807, 2.05) is 0 Å². The maximum atomic E-state index is 11.9. The van der Waals surface area contributed by atoms with Crippen molar-refractivity contribution in [3.63, 3.8) is 0 Å². The summed E-state index contributed by atoms with van der Waals surface area (Å²) in [6.07, 6.45) is -4.75. The number of nitrogens with zero attached hydrogens (tertiary/aromatic N) is 2. The van der Waals surface area contributed by atoms with Crippen molar-refractivity contribution in [2.45, 2.75) is 24.5 Å². The molecule has 1 fully saturated rings. The van der Waals surface area contributed by atoms with Crippen molar-refractivity contribution in [1.82, 2.24) is 14.9 Å². The molecule has 20 heteroatoms. The lowest BCUT2D eigenvalue weighted by Crippen LogP contribution is -2.37. The first-order chi connectivity index (χ1) is 14.2. The van der Waals surface area contributed by atoms with Crippen molar-refractivity contribution in [3.05, 3.63) is 12.0 Å². The topological polar surface area (TPSA) is 248 Å². The first kappa shape index (κ1) is 24.5. The molecule has 7 atom stereocenters. The molecule has 0 bridgehead atoms. The number of nitrogens with one attached hydrogen (secondary N) is 2. The van der Waals surface area contributed by atoms with Gasteiger partial charge in [-0.25, -0.2) is 18.4 Å². The van der Waals surface area contributed by atoms with E-state index in [0.717, 1.165) is 0 Å². The molecule has 2 aliphatic rings. The third-order valence-electron chi connectivity index (χ3n) is 3.99. The number of fused-ring (bicyclic) bond motifs is 1. The number of carbonyl (C=O) groups excluding carboxylic acids is 1. The highest BCUT2D eigenvalue weighted by Crippen LogP contribution is 2.66. The quantitative estimate of drug-likeness (QED) is 0.201. The average molecular weight is 508 g/mol. The van der Waals surface area contributed by atoms with Crippen LogP contribution in [0.3, 0.4) is 0 Å². The Morgan fingerprint density at radius 2 is 1.84 bits per heavy atom. The fourth-order valence-electron chi connectivity index (χ4n) is 2.81. The molecule has 0 spiro atoms. The predicted molar refractivity (Wildman–Crippen MR) is 97.6 cm³/mol. The van der Waals surface area contributed by atoms with Gasteiger partial charge in [-0.2, -0.15) is 4.31 Å². The molecule has 31 heavy (non-hydrogen) atoms. The molecule has 3 rings (SSSR count). The number of hydrogen-bond acceptors (Lipinski definition) is 12. The molecule has 0 aliphatic carbocycles. The largest absolute Gasteiger partial charge is 0.488 e. The molecule has 176 valence electrons. The summed E-state index contributed by atoms with van der Waals surface area (Å²) >= 11 is 0. The Bertz CT molecular complexity index is 993. The van der Waals surface area contributed by atoms with E-state index in [1.54, 1.807) is 0 Å². The molecular weight excluding hydrogens is 489 g/mol. The summed E-state index contributed by atoms with van der Waals surface area (Å²) in [4.78, 5) is 43.4. The number of rotatable bonds is 8. The average Bonchev–Trinajstić information content (AvgIpc) is 3.13. The van der Waals surface area contributed by atoms with Crippen molar-refractivity contribution in [3.8, 4) is 0 Å². The van der Waals surface area contributed by atoms with Gasteiger partial charge in [0, 0.05) is 6.66 Å². The zero-order chi connectivity index (χ0) is 23.2. The van der Waals surface area contributed by atoms with E-state index in [9.17, 15) is 38.5 Å². The minimum atomic E-state index is -5.46. The summed E-state index contributed by atoms with van der Waals surface area (Å²) in [5, 5.41) is 25.7. The van der Waals surface area contributed by atoms with Gasteiger partial charge >= 0.3 is 23.2 Å². The van der Waals surface area contributed by atoms with Crippen LogP contribution in [0, 0.1) is 0 Å². The number of carbonyl (C=O) groups is 1. The van der Waals surface area contributed by atoms with E-state index in [4.69, 9.17) is 9.63 Å². The zero-order valence-electron chi connectivity index (χ0n) is 15.5. The molecule has 0 radical (unpaired) electrons. The Morgan fingerprint density at radius 3 is 2.48 bits per heavy atom. The molecule has 1 aromatic rings. The summed E-state index contributed by atoms with van der Waals surface area (Å²) in [5.74, 6) is -0.280. The van der Waals surface area contributed by atoms with Gasteiger partial charge in [-0.15, -0.1) is 0 Å². The van der Waals surface area contributed by atoms with Gasteiger partial charge in [-0.3, -0.25) is 18.5 Å². The second-order valence-electron chi connectivity index (χ2n) is 6.45. The molecule has 1 amide bonds. The van der Waals surface area contributed by atoms with E-state index >= 15 is 0 Å². The molecule has 1 saturated heterocycles. The van der Waals surface area contributed by atoms with Crippen LogP contribution in [-0.4, -0.2) is 78.6 Å². The zero-order valence-corrected chi connectivity index (χ0v) is 18.2. The number of aliphatic hydroxyl groups is 2. The van der Waals surface area contributed by atoms with Crippen LogP contribution < -0.4 is 10.6 Å². The van der Waals surface area contributed by atoms with Gasteiger partial charge in [0.1, 0.15) is 24.1 Å². The summed E-state index contributed by atoms with van der Waals surface area (Å²) in [5.41, 5.74) is 0.0142. The van der Waals surface area contributed by atoms with E-state index in [2.05, 4.69) is 28.8 Å². The fraction of sp³-hybridized carbons (Fsp3) is 0.636. The summed E-state index contributed by atoms with van der Waals surface area (Å²) in [6, 6.07) is 0. The van der Waals surface area contributed by atoms with Crippen molar-refractivity contribution in [2.75, 3.05) is 25.3 Å². The second kappa shape index (κ2) is 8.63. The van der Waals surface area contributed by atoms with E-state index in [1.165, 1.54) is 10.9 Å². The highest BCUT2D eigenvalue weighted by Gasteiger charge is 2.47. The van der Waals surface area contributed by atoms with Crippen LogP contribution in [0.4, 0.5) is 5.82 Å². The van der Waals surface area contributed by atoms with Crippen molar-refractivity contribution in [2.24, 2.45) is 0 Å². The lowest BCUT2D eigenvalue weighted by atomic mass is 10.1. The molecule has 1 aromatic heterocycles. The molecular formula is C11H19N4O13P3. The summed E-state index contributed by atoms with van der Waals surface area (Å²) in [6.45, 7) is -0.293. The predicted octanol–water partition coefficient (Wildman–Crippen LogP) is -1.32. The Kier molecular flexibility index (Phi) is 6.81. The highest BCUT2D eigenvalue weighted by atomic mass is 31.3. The fourth-order valence-corrected chi connectivity index (χ4v) is 6.30. The SMILES string of the molecule is CP(=O)(O)OP(=O)(O)OP(=O)(O)OC[C@H]1OC(n2cnc3c2NCNC3=O)[C@H](O)[C@@H]1O. The third kappa shape index (κ3) is 5.79. The van der Waals surface area contributed by atoms with Gasteiger partial charge in [-0.1, -0.05) is 0 Å². The Morgan fingerprint density at radius 1 is 1.16 bits per heavy atom. The monoisotopic (exact) mass is 508 g/mol. The number of ether oxygens (including phenoxy) is 1. The molecule has 7 N–H and O–H groups in total. The first-order valence-corrected chi connectivity index (χ1v) is 13.3. The summed E-state index contributed by atoms with van der Waals surface area (Å²) < 4.78 is 53.2. The van der Waals surface area contributed by atoms with Crippen LogP contribution in [0.1, 0.15) is 16.7 Å². The smallest absolute Gasteiger partial charge is 0.387 e. The molecule has 2 aliphatic heterocycles. The molecule has 3 heterocycles. The van der Waals surface area contributed by atoms with Crippen LogP contribution in [-0.2, 0) is 31.6 Å². The van der Waals surface area contributed by atoms with Crippen LogP contribution in [0.15, 0.2) is 6.33 Å². The molecule has 0 saturated carbocycles. The van der Waals surface area contributed by atoms with Crippen LogP contribution in [0.2, 0.25) is 0 Å². The van der Waals surface area contributed by atoms with Crippen molar-refractivity contribution >= 4 is 35.0 Å². The number of anilines is 1. The number of aromatic nitrogens is 2. The first-order valence-electron chi connectivity index (χ1n) is 8.33. The lowest BCUT2D eigenvalue weighted by molar-refractivity contribution is -0.0511. The number of phosphoric acid groups is 2. The number of phosphoric ester groups is 1. The highest BCUT2D eigenvalue weighted by molar-refractivity contribution is 7.68. The number of imidazole rings is 1. The van der Waals surface area contributed by atoms with E-state index in [-0.39, 0.29) is 18.2 Å². The van der Waals surface area contributed by atoms with Gasteiger partial charge < -0.3 is 40.3 Å². The standard InChI is InChI=1S/C11H19N4O13P3/c1-29(19,20)27-31(23,24)28-30(21,22)25-2-5-7(16)8(17)11(26-5)15-4-14-6-9(15)12-3-13-10(6)18/h4-5,7-8,11-12,16-17H,2-3H2,1H3,(H,13,18)(H,19,20)(H,21,22)(H,23,24)/t5-,7-,8-,11?/m1/s1. The van der Waals surface area contributed by atoms with E-state index in [0.29, 0.717) is 6.66 Å². The third-order valence-corrected chi connectivity index (χ3v) is 8.15. The van der Waals surface area contributed by atoms with Gasteiger partial charge in [0.25, 0.3) is 5.91 Å². The Balaban J connectivity index is 1.66. The van der Waals surface area contributed by atoms with Gasteiger partial charge in [0.15, 0.2) is 11.9 Å². The maximum absolute atomic E-state index is 11.9. The Labute approximate surface area is 173 Å². The summed E-state index contributed by atoms with van der Waals surface area (Å²) in [7, 11) is -15.3. The normalized spacial score (nSPS) is 31.6. The minimum Gasteiger partial charge on any atom is -0.387 e. The number of aliphatic hydroxyl groups excluding tert-OH is 2. The lowest BCUT2D eigenvalue weighted by Gasteiger charge is -2.22. The van der Waals surface area contributed by atoms with Gasteiger partial charge in [0.2, 0.25) is 0 Å². The maximum Gasteiger partial charge on any atom is 0.488 e. The van der Waals surface area contributed by atoms with Crippen LogP contribution in [0.25, 0.3) is 0 Å². The Hall–Kier alpha value is -1.19. The number of hydrogen-bond donors (Lipinski definition) is 7. The van der Waals surface area contributed by atoms with Crippen molar-refractivity contribution in [1.29, 1.82) is 0 Å². The molecule has 0 aromatic carbocycles. The van der Waals surface area contributed by atoms with Gasteiger partial charge in [0.05, 0.1) is 19.6 Å². The van der Waals surface area contributed by atoms with Crippen LogP contribution in [0.5, 0.6) is 0 Å². The van der Waals surface area contributed by atoms with Crippen molar-refractivity contribution < 1.29 is 61.3 Å². The second-order valence-corrected chi connectivity index (χ2v) is 11.5. The van der Waals surface area contributed by atoms with E-state index < -0.39 is 60.3 Å². The van der Waals surface area contributed by atoms with Gasteiger partial charge in [-0.05, 0) is 0 Å². The number of amides is 1.